The van der Waals surface area contributed by atoms with Crippen molar-refractivity contribution in [3.05, 3.63) is 101 Å². The predicted molar refractivity (Wildman–Crippen MR) is 113 cm³/mol. The van der Waals surface area contributed by atoms with Gasteiger partial charge in [-0.15, -0.1) is 0 Å². The van der Waals surface area contributed by atoms with Crippen molar-refractivity contribution in [2.75, 3.05) is 0 Å². The Morgan fingerprint density at radius 2 is 1.23 bits per heavy atom. The van der Waals surface area contributed by atoms with Crippen LogP contribution < -0.4 is 0 Å². The number of pyridine rings is 1. The van der Waals surface area contributed by atoms with Gasteiger partial charge in [-0.25, -0.2) is 4.98 Å². The van der Waals surface area contributed by atoms with Crippen LogP contribution in [0.25, 0.3) is 33.6 Å². The lowest BCUT2D eigenvalue weighted by atomic mass is 9.95. The molecule has 0 bridgehead atoms. The Kier molecular flexibility index (Phi) is 4.68. The number of nitrogens with zero attached hydrogens (tertiary/aromatic N) is 1. The van der Waals surface area contributed by atoms with E-state index in [1.807, 2.05) is 12.1 Å². The number of halogens is 1. The quantitative estimate of drug-likeness (QED) is 0.356. The molecule has 26 heavy (non-hydrogen) atoms. The van der Waals surface area contributed by atoms with E-state index in [1.54, 1.807) is 0 Å². The molecule has 4 aromatic rings. The fourth-order valence-electron chi connectivity index (χ4n) is 3.17. The molecule has 0 aliphatic rings. The Hall–Kier alpha value is -2.71. The van der Waals surface area contributed by atoms with E-state index < -0.39 is 0 Å². The Labute approximate surface area is 162 Å². The largest absolute Gasteiger partial charge is 0.247 e. The van der Waals surface area contributed by atoms with Crippen molar-refractivity contribution in [2.24, 2.45) is 0 Å². The van der Waals surface area contributed by atoms with Crippen molar-refractivity contribution in [3.8, 4) is 33.6 Å². The van der Waals surface area contributed by atoms with Gasteiger partial charge in [-0.1, -0.05) is 88.7 Å². The monoisotopic (exact) mass is 399 g/mol. The van der Waals surface area contributed by atoms with Gasteiger partial charge in [-0.3, -0.25) is 0 Å². The molecule has 0 unspecified atom stereocenters. The summed E-state index contributed by atoms with van der Waals surface area (Å²) < 4.78 is 1.07. The van der Waals surface area contributed by atoms with Crippen LogP contribution in [0.1, 0.15) is 5.56 Å². The van der Waals surface area contributed by atoms with Gasteiger partial charge >= 0.3 is 0 Å². The highest BCUT2D eigenvalue weighted by Crippen LogP contribution is 2.34. The number of benzene rings is 3. The summed E-state index contributed by atoms with van der Waals surface area (Å²) in [6.45, 7) is 2.15. The average Bonchev–Trinajstić information content (AvgIpc) is 2.70. The number of hydrogen-bond donors (Lipinski definition) is 0. The molecular formula is C24H18BrN. The minimum Gasteiger partial charge on any atom is -0.247 e. The van der Waals surface area contributed by atoms with E-state index in [4.69, 9.17) is 4.98 Å². The molecule has 1 heterocycles. The maximum Gasteiger partial charge on any atom is 0.0744 e. The molecule has 3 aromatic carbocycles. The summed E-state index contributed by atoms with van der Waals surface area (Å²) in [4.78, 5) is 5.01. The Bertz CT molecular complexity index is 1020. The molecule has 0 spiro atoms. The molecule has 0 N–H and O–H groups in total. The van der Waals surface area contributed by atoms with E-state index in [1.165, 1.54) is 16.7 Å². The van der Waals surface area contributed by atoms with E-state index >= 15 is 0 Å². The Morgan fingerprint density at radius 3 is 1.85 bits per heavy atom. The average molecular weight is 400 g/mol. The van der Waals surface area contributed by atoms with Gasteiger partial charge in [0, 0.05) is 15.6 Å². The maximum atomic E-state index is 5.01. The van der Waals surface area contributed by atoms with Crippen molar-refractivity contribution in [1.82, 2.24) is 4.98 Å². The molecule has 4 rings (SSSR count). The van der Waals surface area contributed by atoms with E-state index in [2.05, 4.69) is 102 Å². The molecule has 0 radical (unpaired) electrons. The highest BCUT2D eigenvalue weighted by Gasteiger charge is 2.13. The number of hydrogen-bond acceptors (Lipinski definition) is 1. The first-order chi connectivity index (χ1) is 12.7. The summed E-state index contributed by atoms with van der Waals surface area (Å²) in [6, 6.07) is 31.4. The summed E-state index contributed by atoms with van der Waals surface area (Å²) in [5, 5.41) is 0. The summed E-state index contributed by atoms with van der Waals surface area (Å²) in [5.74, 6) is 0. The van der Waals surface area contributed by atoms with Crippen molar-refractivity contribution < 1.29 is 0 Å². The molecule has 0 saturated carbocycles. The lowest BCUT2D eigenvalue weighted by Crippen LogP contribution is -1.96. The molecule has 0 saturated heterocycles. The molecule has 0 fully saturated rings. The van der Waals surface area contributed by atoms with Gasteiger partial charge in [0.2, 0.25) is 0 Å². The van der Waals surface area contributed by atoms with Gasteiger partial charge in [0.1, 0.15) is 0 Å². The van der Waals surface area contributed by atoms with Crippen LogP contribution in [0.15, 0.2) is 95.5 Å². The van der Waals surface area contributed by atoms with Crippen LogP contribution in [-0.4, -0.2) is 4.98 Å². The third-order valence-electron chi connectivity index (χ3n) is 4.54. The zero-order valence-electron chi connectivity index (χ0n) is 14.5. The predicted octanol–water partition coefficient (Wildman–Crippen LogP) is 7.15. The summed E-state index contributed by atoms with van der Waals surface area (Å²) >= 11 is 3.52. The summed E-state index contributed by atoms with van der Waals surface area (Å²) in [5.41, 5.74) is 7.90. The second kappa shape index (κ2) is 7.27. The van der Waals surface area contributed by atoms with Crippen LogP contribution in [0.4, 0.5) is 0 Å². The van der Waals surface area contributed by atoms with E-state index in [0.29, 0.717) is 0 Å². The highest BCUT2D eigenvalue weighted by atomic mass is 79.9. The van der Waals surface area contributed by atoms with E-state index in [0.717, 1.165) is 27.0 Å². The minimum atomic E-state index is 0.993. The van der Waals surface area contributed by atoms with Gasteiger partial charge in [-0.2, -0.15) is 0 Å². The van der Waals surface area contributed by atoms with E-state index in [-0.39, 0.29) is 0 Å². The topological polar surface area (TPSA) is 12.9 Å². The molecule has 2 heteroatoms. The molecule has 1 aromatic heterocycles. The van der Waals surface area contributed by atoms with Gasteiger partial charge in [0.25, 0.3) is 0 Å². The molecular weight excluding hydrogens is 382 g/mol. The van der Waals surface area contributed by atoms with Crippen molar-refractivity contribution >= 4 is 15.9 Å². The van der Waals surface area contributed by atoms with Gasteiger partial charge in [0.05, 0.1) is 11.4 Å². The van der Waals surface area contributed by atoms with Crippen LogP contribution in [0.5, 0.6) is 0 Å². The van der Waals surface area contributed by atoms with Crippen molar-refractivity contribution in [1.29, 1.82) is 0 Å². The molecule has 126 valence electrons. The summed E-state index contributed by atoms with van der Waals surface area (Å²) in [7, 11) is 0. The molecule has 0 atom stereocenters. The fourth-order valence-corrected chi connectivity index (χ4v) is 3.44. The Morgan fingerprint density at radius 1 is 0.654 bits per heavy atom. The van der Waals surface area contributed by atoms with Crippen molar-refractivity contribution in [2.45, 2.75) is 6.92 Å². The normalized spacial score (nSPS) is 10.7. The first-order valence-corrected chi connectivity index (χ1v) is 9.40. The molecule has 0 amide bonds. The zero-order chi connectivity index (χ0) is 17.9. The maximum absolute atomic E-state index is 5.01. The van der Waals surface area contributed by atoms with Crippen molar-refractivity contribution in [3.63, 3.8) is 0 Å². The number of aromatic nitrogens is 1. The third kappa shape index (κ3) is 3.33. The summed E-state index contributed by atoms with van der Waals surface area (Å²) in [6.07, 6.45) is 0. The van der Waals surface area contributed by atoms with Crippen LogP contribution in [0.3, 0.4) is 0 Å². The van der Waals surface area contributed by atoms with Crippen LogP contribution in [0.2, 0.25) is 0 Å². The minimum absolute atomic E-state index is 0.993. The third-order valence-corrected chi connectivity index (χ3v) is 5.07. The molecule has 0 aliphatic carbocycles. The zero-order valence-corrected chi connectivity index (χ0v) is 16.1. The van der Waals surface area contributed by atoms with Gasteiger partial charge in [-0.05, 0) is 41.8 Å². The van der Waals surface area contributed by atoms with Crippen LogP contribution in [-0.2, 0) is 0 Å². The first-order valence-electron chi connectivity index (χ1n) is 8.61. The smallest absolute Gasteiger partial charge is 0.0744 e. The Balaban J connectivity index is 1.97. The van der Waals surface area contributed by atoms with Gasteiger partial charge < -0.3 is 0 Å². The highest BCUT2D eigenvalue weighted by molar-refractivity contribution is 9.10. The second-order valence-corrected chi connectivity index (χ2v) is 7.18. The van der Waals surface area contributed by atoms with Gasteiger partial charge in [0.15, 0.2) is 0 Å². The lowest BCUT2D eigenvalue weighted by molar-refractivity contribution is 1.27. The SMILES string of the molecule is Cc1c(-c2ccccc2)cc(-c2ccccc2)nc1-c1ccc(Br)cc1. The van der Waals surface area contributed by atoms with Crippen LogP contribution in [0, 0.1) is 6.92 Å². The molecule has 1 nitrogen and oxygen atoms in total. The van der Waals surface area contributed by atoms with E-state index in [9.17, 15) is 0 Å². The standard InChI is InChI=1S/C24H18BrN/c1-17-22(18-8-4-2-5-9-18)16-23(19-10-6-3-7-11-19)26-24(17)20-12-14-21(25)15-13-20/h2-16H,1H3. The second-order valence-electron chi connectivity index (χ2n) is 6.27. The number of rotatable bonds is 3. The van der Waals surface area contributed by atoms with Crippen LogP contribution >= 0.6 is 15.9 Å². The molecule has 0 aliphatic heterocycles. The lowest BCUT2D eigenvalue weighted by Gasteiger charge is -2.15. The fraction of sp³-hybridized carbons (Fsp3) is 0.0417. The first kappa shape index (κ1) is 16.7.